The van der Waals surface area contributed by atoms with Gasteiger partial charge < -0.3 is 11.5 Å². The Kier molecular flexibility index (Phi) is 6.16. The average molecular weight is 475 g/mol. The zero-order chi connectivity index (χ0) is 23.8. The number of aryl methyl sites for hydroxylation is 2. The molecule has 0 atom stereocenters. The number of hydrogen-bond acceptors (Lipinski definition) is 6. The van der Waals surface area contributed by atoms with E-state index in [4.69, 9.17) is 20.6 Å². The molecule has 0 spiro atoms. The van der Waals surface area contributed by atoms with Gasteiger partial charge in [-0.05, 0) is 48.6 Å². The summed E-state index contributed by atoms with van der Waals surface area (Å²) in [6.45, 7) is 3.52. The summed E-state index contributed by atoms with van der Waals surface area (Å²) in [5.41, 5.74) is 14.2. The number of rotatable bonds is 2. The fourth-order valence-electron chi connectivity index (χ4n) is 3.43. The number of anilines is 2. The van der Waals surface area contributed by atoms with Gasteiger partial charge >= 0.3 is 0 Å². The van der Waals surface area contributed by atoms with Gasteiger partial charge in [0.25, 0.3) is 20.2 Å². The van der Waals surface area contributed by atoms with Crippen LogP contribution in [0.3, 0.4) is 0 Å². The van der Waals surface area contributed by atoms with Crippen LogP contribution >= 0.6 is 0 Å². The fraction of sp³-hybridized carbons (Fsp3) is 0.0909. The highest BCUT2D eigenvalue weighted by atomic mass is 32.2. The zero-order valence-electron chi connectivity index (χ0n) is 17.3. The minimum atomic E-state index is -4.22. The maximum atomic E-state index is 11.2. The second-order valence-corrected chi connectivity index (χ2v) is 10.0. The monoisotopic (exact) mass is 474 g/mol. The molecule has 6 N–H and O–H groups in total. The lowest BCUT2D eigenvalue weighted by Gasteiger charge is -2.09. The van der Waals surface area contributed by atoms with Crippen molar-refractivity contribution in [2.75, 3.05) is 11.5 Å². The van der Waals surface area contributed by atoms with Gasteiger partial charge in [0, 0.05) is 27.5 Å². The molecule has 8 nitrogen and oxygen atoms in total. The number of fused-ring (bicyclic) bond motifs is 2. The minimum Gasteiger partial charge on any atom is -0.398 e. The highest BCUT2D eigenvalue weighted by Crippen LogP contribution is 2.30. The van der Waals surface area contributed by atoms with Crippen molar-refractivity contribution in [3.05, 3.63) is 71.8 Å². The lowest BCUT2D eigenvalue weighted by atomic mass is 10.0. The first-order valence-corrected chi connectivity index (χ1v) is 12.2. The standard InChI is InChI=1S/2C11H11NO3S/c1-7-8-3-2-4-11(16(13,14)15)9(8)5-6-10(7)12;1-7-6-10(16(13,14)15)8-4-2-3-5-9(8)11(7)12/h2*2-6H,12H2,1H3,(H,13,14,15). The van der Waals surface area contributed by atoms with Crippen LogP contribution in [0.1, 0.15) is 11.1 Å². The molecule has 4 aromatic carbocycles. The van der Waals surface area contributed by atoms with Crippen molar-refractivity contribution in [1.82, 2.24) is 0 Å². The highest BCUT2D eigenvalue weighted by Gasteiger charge is 2.17. The van der Waals surface area contributed by atoms with Gasteiger partial charge in [0.15, 0.2) is 0 Å². The van der Waals surface area contributed by atoms with E-state index in [1.807, 2.05) is 6.92 Å². The molecule has 0 saturated carbocycles. The van der Waals surface area contributed by atoms with Gasteiger partial charge in [-0.3, -0.25) is 9.11 Å². The summed E-state index contributed by atoms with van der Waals surface area (Å²) in [4.78, 5) is -0.192. The molecule has 0 aliphatic rings. The van der Waals surface area contributed by atoms with Crippen molar-refractivity contribution in [3.8, 4) is 0 Å². The summed E-state index contributed by atoms with van der Waals surface area (Å²) in [6.07, 6.45) is 0. The normalized spacial score (nSPS) is 11.9. The van der Waals surface area contributed by atoms with E-state index in [0.717, 1.165) is 10.9 Å². The third kappa shape index (κ3) is 4.53. The second kappa shape index (κ2) is 8.40. The summed E-state index contributed by atoms with van der Waals surface area (Å²) in [7, 11) is -8.42. The molecule has 0 unspecified atom stereocenters. The van der Waals surface area contributed by atoms with Crippen LogP contribution in [-0.2, 0) is 20.2 Å². The van der Waals surface area contributed by atoms with Gasteiger partial charge in [-0.15, -0.1) is 0 Å². The van der Waals surface area contributed by atoms with Crippen LogP contribution in [0.2, 0.25) is 0 Å². The molecule has 4 aromatic rings. The van der Waals surface area contributed by atoms with Crippen molar-refractivity contribution in [2.24, 2.45) is 0 Å². The van der Waals surface area contributed by atoms with Gasteiger partial charge in [0.1, 0.15) is 9.79 Å². The molecule has 32 heavy (non-hydrogen) atoms. The smallest absolute Gasteiger partial charge is 0.295 e. The third-order valence-corrected chi connectivity index (χ3v) is 6.95. The SMILES string of the molecule is Cc1c(N)ccc2c(S(=O)(=O)O)cccc12.Cc1cc(S(=O)(=O)O)c2ccccc2c1N. The Morgan fingerprint density at radius 2 is 1.19 bits per heavy atom. The van der Waals surface area contributed by atoms with Gasteiger partial charge in [-0.25, -0.2) is 0 Å². The van der Waals surface area contributed by atoms with Crippen molar-refractivity contribution < 1.29 is 25.9 Å². The fourth-order valence-corrected chi connectivity index (χ4v) is 4.92. The average Bonchev–Trinajstić information content (AvgIpc) is 2.72. The van der Waals surface area contributed by atoms with Crippen LogP contribution in [-0.4, -0.2) is 25.9 Å². The van der Waals surface area contributed by atoms with Crippen LogP contribution in [0.4, 0.5) is 11.4 Å². The van der Waals surface area contributed by atoms with E-state index in [0.29, 0.717) is 33.1 Å². The molecule has 168 valence electrons. The van der Waals surface area contributed by atoms with E-state index >= 15 is 0 Å². The highest BCUT2D eigenvalue weighted by molar-refractivity contribution is 7.86. The Morgan fingerprint density at radius 3 is 1.78 bits per heavy atom. The maximum Gasteiger partial charge on any atom is 0.295 e. The topological polar surface area (TPSA) is 161 Å². The molecular weight excluding hydrogens is 452 g/mol. The van der Waals surface area contributed by atoms with Crippen LogP contribution in [0.15, 0.2) is 70.5 Å². The Labute approximate surface area is 186 Å². The molecule has 10 heteroatoms. The molecule has 0 aliphatic heterocycles. The first-order chi connectivity index (χ1) is 14.8. The molecule has 0 bridgehead atoms. The van der Waals surface area contributed by atoms with E-state index in [2.05, 4.69) is 0 Å². The summed E-state index contributed by atoms with van der Waals surface area (Å²) in [6, 6.07) is 16.2. The summed E-state index contributed by atoms with van der Waals surface area (Å²) >= 11 is 0. The quantitative estimate of drug-likeness (QED) is 0.251. The van der Waals surface area contributed by atoms with Crippen LogP contribution in [0, 0.1) is 13.8 Å². The lowest BCUT2D eigenvalue weighted by molar-refractivity contribution is 0.482. The molecule has 0 radical (unpaired) electrons. The third-order valence-electron chi connectivity index (χ3n) is 5.14. The summed E-state index contributed by atoms with van der Waals surface area (Å²) < 4.78 is 63.0. The van der Waals surface area contributed by atoms with E-state index in [-0.39, 0.29) is 9.79 Å². The first kappa shape index (κ1) is 23.5. The first-order valence-electron chi connectivity index (χ1n) is 9.33. The van der Waals surface area contributed by atoms with E-state index < -0.39 is 20.2 Å². The molecule has 0 aromatic heterocycles. The van der Waals surface area contributed by atoms with Gasteiger partial charge in [-0.2, -0.15) is 16.8 Å². The minimum absolute atomic E-state index is 0.0897. The van der Waals surface area contributed by atoms with E-state index in [1.54, 1.807) is 55.5 Å². The molecule has 0 fully saturated rings. The van der Waals surface area contributed by atoms with Crippen LogP contribution in [0.25, 0.3) is 21.5 Å². The van der Waals surface area contributed by atoms with Gasteiger partial charge in [-0.1, -0.05) is 42.5 Å². The molecular formula is C22H22N2O6S2. The summed E-state index contributed by atoms with van der Waals surface area (Å²) in [5.74, 6) is 0. The van der Waals surface area contributed by atoms with Crippen molar-refractivity contribution in [3.63, 3.8) is 0 Å². The maximum absolute atomic E-state index is 11.2. The predicted octanol–water partition coefficient (Wildman–Crippen LogP) is 3.95. The number of nitrogens with two attached hydrogens (primary N) is 2. The Morgan fingerprint density at radius 1 is 0.656 bits per heavy atom. The Balaban J connectivity index is 0.000000181. The lowest BCUT2D eigenvalue weighted by Crippen LogP contribution is -2.02. The number of benzene rings is 4. The molecule has 0 aliphatic carbocycles. The molecule has 0 amide bonds. The van der Waals surface area contributed by atoms with Crippen molar-refractivity contribution >= 4 is 53.2 Å². The summed E-state index contributed by atoms with van der Waals surface area (Å²) in [5, 5.41) is 2.29. The van der Waals surface area contributed by atoms with Gasteiger partial charge in [0.05, 0.1) is 0 Å². The zero-order valence-corrected chi connectivity index (χ0v) is 18.9. The van der Waals surface area contributed by atoms with Gasteiger partial charge in [0.2, 0.25) is 0 Å². The molecule has 0 saturated heterocycles. The largest absolute Gasteiger partial charge is 0.398 e. The predicted molar refractivity (Wildman–Crippen MR) is 126 cm³/mol. The van der Waals surface area contributed by atoms with Crippen LogP contribution in [0.5, 0.6) is 0 Å². The molecule has 4 rings (SSSR count). The Hall–Kier alpha value is -3.18. The number of nitrogen functional groups attached to an aromatic ring is 2. The van der Waals surface area contributed by atoms with E-state index in [9.17, 15) is 16.8 Å². The Bertz CT molecular complexity index is 1540. The molecule has 0 heterocycles. The van der Waals surface area contributed by atoms with Crippen molar-refractivity contribution in [1.29, 1.82) is 0 Å². The second-order valence-electron chi connectivity index (χ2n) is 7.23. The number of hydrogen-bond donors (Lipinski definition) is 4. The van der Waals surface area contributed by atoms with E-state index in [1.165, 1.54) is 12.1 Å². The van der Waals surface area contributed by atoms with Crippen LogP contribution < -0.4 is 11.5 Å². The van der Waals surface area contributed by atoms with Crippen molar-refractivity contribution in [2.45, 2.75) is 23.6 Å².